The highest BCUT2D eigenvalue weighted by molar-refractivity contribution is 6.30. The molecule has 1 unspecified atom stereocenters. The molecule has 1 saturated heterocycles. The van der Waals surface area contributed by atoms with Gasteiger partial charge in [-0.25, -0.2) is 0 Å². The minimum Gasteiger partial charge on any atom is -0.326 e. The third kappa shape index (κ3) is 3.20. The average Bonchev–Trinajstić information content (AvgIpc) is 2.34. The molecule has 1 fully saturated rings. The van der Waals surface area contributed by atoms with Crippen molar-refractivity contribution in [2.24, 2.45) is 5.92 Å². The van der Waals surface area contributed by atoms with Gasteiger partial charge in [-0.1, -0.05) is 11.6 Å². The predicted octanol–water partition coefficient (Wildman–Crippen LogP) is 2.59. The van der Waals surface area contributed by atoms with E-state index in [1.54, 1.807) is 6.07 Å². The summed E-state index contributed by atoms with van der Waals surface area (Å²) in [7, 11) is 0. The van der Waals surface area contributed by atoms with Gasteiger partial charge in [-0.15, -0.1) is 0 Å². The van der Waals surface area contributed by atoms with Gasteiger partial charge in [0.1, 0.15) is 0 Å². The lowest BCUT2D eigenvalue weighted by Gasteiger charge is -2.22. The zero-order chi connectivity index (χ0) is 12.3. The highest BCUT2D eigenvalue weighted by Gasteiger charge is 2.21. The van der Waals surface area contributed by atoms with E-state index in [0.29, 0.717) is 5.02 Å². The average molecular weight is 253 g/mol. The Morgan fingerprint density at radius 2 is 2.35 bits per heavy atom. The van der Waals surface area contributed by atoms with Crippen LogP contribution in [0.1, 0.15) is 18.4 Å². The number of amides is 1. The van der Waals surface area contributed by atoms with Gasteiger partial charge in [-0.2, -0.15) is 0 Å². The Hall–Kier alpha value is -1.06. The first-order valence-electron chi connectivity index (χ1n) is 5.94. The molecule has 1 aliphatic heterocycles. The minimum absolute atomic E-state index is 0.0822. The van der Waals surface area contributed by atoms with Crippen LogP contribution in [0, 0.1) is 12.8 Å². The smallest absolute Gasteiger partial charge is 0.228 e. The zero-order valence-corrected chi connectivity index (χ0v) is 10.7. The van der Waals surface area contributed by atoms with E-state index in [-0.39, 0.29) is 11.8 Å². The Kier molecular flexibility index (Phi) is 4.02. The standard InChI is InChI=1S/C13H17ClN2O/c1-9-7-11(14)4-5-12(9)16-13(17)10-3-2-6-15-8-10/h4-5,7,10,15H,2-3,6,8H2,1H3,(H,16,17). The molecule has 1 aliphatic rings. The van der Waals surface area contributed by atoms with Gasteiger partial charge in [-0.3, -0.25) is 4.79 Å². The molecule has 92 valence electrons. The van der Waals surface area contributed by atoms with E-state index < -0.39 is 0 Å². The number of benzene rings is 1. The number of carbonyl (C=O) groups excluding carboxylic acids is 1. The van der Waals surface area contributed by atoms with E-state index in [0.717, 1.165) is 37.2 Å². The van der Waals surface area contributed by atoms with Crippen LogP contribution in [-0.2, 0) is 4.79 Å². The number of piperidine rings is 1. The highest BCUT2D eigenvalue weighted by Crippen LogP contribution is 2.21. The van der Waals surface area contributed by atoms with Crippen LogP contribution in [0.3, 0.4) is 0 Å². The van der Waals surface area contributed by atoms with E-state index in [4.69, 9.17) is 11.6 Å². The Bertz CT molecular complexity index is 414. The van der Waals surface area contributed by atoms with E-state index in [1.807, 2.05) is 19.1 Å². The highest BCUT2D eigenvalue weighted by atomic mass is 35.5. The topological polar surface area (TPSA) is 41.1 Å². The molecule has 1 atom stereocenters. The van der Waals surface area contributed by atoms with E-state index in [2.05, 4.69) is 10.6 Å². The van der Waals surface area contributed by atoms with Crippen molar-refractivity contribution in [3.8, 4) is 0 Å². The normalized spacial score (nSPS) is 20.0. The van der Waals surface area contributed by atoms with Crippen LogP contribution in [0.25, 0.3) is 0 Å². The largest absolute Gasteiger partial charge is 0.326 e. The molecule has 0 saturated carbocycles. The molecule has 4 heteroatoms. The number of aryl methyl sites for hydroxylation is 1. The molecular weight excluding hydrogens is 236 g/mol. The molecule has 0 spiro atoms. The number of anilines is 1. The van der Waals surface area contributed by atoms with Gasteiger partial charge in [0, 0.05) is 17.3 Å². The van der Waals surface area contributed by atoms with Gasteiger partial charge in [0.2, 0.25) is 5.91 Å². The minimum atomic E-state index is 0.0822. The maximum Gasteiger partial charge on any atom is 0.228 e. The first-order chi connectivity index (χ1) is 8.16. The van der Waals surface area contributed by atoms with Crippen molar-refractivity contribution in [2.45, 2.75) is 19.8 Å². The SMILES string of the molecule is Cc1cc(Cl)ccc1NC(=O)C1CCCNC1. The summed E-state index contributed by atoms with van der Waals surface area (Å²) >= 11 is 5.88. The quantitative estimate of drug-likeness (QED) is 0.850. The Morgan fingerprint density at radius 1 is 1.53 bits per heavy atom. The first kappa shape index (κ1) is 12.4. The van der Waals surface area contributed by atoms with Crippen molar-refractivity contribution in [3.63, 3.8) is 0 Å². The van der Waals surface area contributed by atoms with E-state index >= 15 is 0 Å². The van der Waals surface area contributed by atoms with Crippen LogP contribution in [0.4, 0.5) is 5.69 Å². The maximum atomic E-state index is 12.0. The van der Waals surface area contributed by atoms with Gasteiger partial charge in [0.15, 0.2) is 0 Å². The lowest BCUT2D eigenvalue weighted by atomic mass is 9.98. The second kappa shape index (κ2) is 5.52. The monoisotopic (exact) mass is 252 g/mol. The van der Waals surface area contributed by atoms with Crippen molar-refractivity contribution in [3.05, 3.63) is 28.8 Å². The molecule has 1 heterocycles. The Labute approximate surface area is 107 Å². The summed E-state index contributed by atoms with van der Waals surface area (Å²) in [6.45, 7) is 3.74. The summed E-state index contributed by atoms with van der Waals surface area (Å²) < 4.78 is 0. The lowest BCUT2D eigenvalue weighted by molar-refractivity contribution is -0.120. The fraction of sp³-hybridized carbons (Fsp3) is 0.462. The number of nitrogens with one attached hydrogen (secondary N) is 2. The molecule has 0 aromatic heterocycles. The molecule has 0 bridgehead atoms. The summed E-state index contributed by atoms with van der Waals surface area (Å²) in [5, 5.41) is 6.91. The first-order valence-corrected chi connectivity index (χ1v) is 6.32. The van der Waals surface area contributed by atoms with Crippen LogP contribution in [0.15, 0.2) is 18.2 Å². The summed E-state index contributed by atoms with van der Waals surface area (Å²) in [4.78, 5) is 12.0. The van der Waals surface area contributed by atoms with Gasteiger partial charge in [0.05, 0.1) is 5.92 Å². The molecule has 2 N–H and O–H groups in total. The third-order valence-corrected chi connectivity index (χ3v) is 3.35. The number of hydrogen-bond donors (Lipinski definition) is 2. The van der Waals surface area contributed by atoms with Gasteiger partial charge in [0.25, 0.3) is 0 Å². The second-order valence-corrected chi connectivity index (χ2v) is 4.93. The van der Waals surface area contributed by atoms with Crippen molar-refractivity contribution in [1.29, 1.82) is 0 Å². The Morgan fingerprint density at radius 3 is 3.00 bits per heavy atom. The van der Waals surface area contributed by atoms with Crippen LogP contribution < -0.4 is 10.6 Å². The van der Waals surface area contributed by atoms with Gasteiger partial charge in [-0.05, 0) is 50.1 Å². The predicted molar refractivity (Wildman–Crippen MR) is 70.4 cm³/mol. The summed E-state index contributed by atoms with van der Waals surface area (Å²) in [5.74, 6) is 0.182. The molecule has 0 aliphatic carbocycles. The number of carbonyl (C=O) groups is 1. The van der Waals surface area contributed by atoms with Gasteiger partial charge >= 0.3 is 0 Å². The molecule has 2 rings (SSSR count). The third-order valence-electron chi connectivity index (χ3n) is 3.11. The van der Waals surface area contributed by atoms with Crippen LogP contribution in [-0.4, -0.2) is 19.0 Å². The number of rotatable bonds is 2. The van der Waals surface area contributed by atoms with Gasteiger partial charge < -0.3 is 10.6 Å². The summed E-state index contributed by atoms with van der Waals surface area (Å²) in [6.07, 6.45) is 2.03. The summed E-state index contributed by atoms with van der Waals surface area (Å²) in [5.41, 5.74) is 1.85. The fourth-order valence-electron chi connectivity index (χ4n) is 2.08. The fourth-order valence-corrected chi connectivity index (χ4v) is 2.30. The van der Waals surface area contributed by atoms with Crippen molar-refractivity contribution >= 4 is 23.2 Å². The zero-order valence-electron chi connectivity index (χ0n) is 9.92. The lowest BCUT2D eigenvalue weighted by Crippen LogP contribution is -2.37. The summed E-state index contributed by atoms with van der Waals surface area (Å²) in [6, 6.07) is 5.51. The molecule has 0 radical (unpaired) electrons. The molecule has 1 aromatic carbocycles. The number of halogens is 1. The molecule has 1 aromatic rings. The van der Waals surface area contributed by atoms with Crippen molar-refractivity contribution < 1.29 is 4.79 Å². The van der Waals surface area contributed by atoms with Crippen LogP contribution >= 0.6 is 11.6 Å². The molecule has 1 amide bonds. The number of hydrogen-bond acceptors (Lipinski definition) is 2. The second-order valence-electron chi connectivity index (χ2n) is 4.49. The van der Waals surface area contributed by atoms with Crippen molar-refractivity contribution in [2.75, 3.05) is 18.4 Å². The molecule has 17 heavy (non-hydrogen) atoms. The molecule has 3 nitrogen and oxygen atoms in total. The van der Waals surface area contributed by atoms with E-state index in [9.17, 15) is 4.79 Å². The van der Waals surface area contributed by atoms with Crippen molar-refractivity contribution in [1.82, 2.24) is 5.32 Å². The van der Waals surface area contributed by atoms with Crippen LogP contribution in [0.2, 0.25) is 5.02 Å². The maximum absolute atomic E-state index is 12.0. The van der Waals surface area contributed by atoms with E-state index in [1.165, 1.54) is 0 Å². The van der Waals surface area contributed by atoms with Crippen LogP contribution in [0.5, 0.6) is 0 Å². The Balaban J connectivity index is 2.02. The molecular formula is C13H17ClN2O.